The summed E-state index contributed by atoms with van der Waals surface area (Å²) in [5, 5.41) is 5.09. The molecule has 0 radical (unpaired) electrons. The van der Waals surface area contributed by atoms with Gasteiger partial charge in [-0.1, -0.05) is 53.7 Å². The molecule has 2 aromatic heterocycles. The molecule has 1 aliphatic rings. The average molecular weight is 327 g/mol. The van der Waals surface area contributed by atoms with Crippen LogP contribution >= 0.6 is 0 Å². The molecule has 4 nitrogen and oxygen atoms in total. The van der Waals surface area contributed by atoms with Crippen molar-refractivity contribution < 1.29 is 4.84 Å². The molecule has 1 aliphatic heterocycles. The molecule has 5 rings (SSSR count). The van der Waals surface area contributed by atoms with E-state index in [1.54, 1.807) is 0 Å². The van der Waals surface area contributed by atoms with E-state index in [0.717, 1.165) is 23.1 Å². The third kappa shape index (κ3) is 2.38. The van der Waals surface area contributed by atoms with Crippen LogP contribution in [0.25, 0.3) is 21.9 Å². The Kier molecular flexibility index (Phi) is 3.27. The number of rotatable bonds is 3. The van der Waals surface area contributed by atoms with E-state index in [-0.39, 0.29) is 5.92 Å². The molecule has 122 valence electrons. The summed E-state index contributed by atoms with van der Waals surface area (Å²) >= 11 is 0. The molecular weight excluding hydrogens is 310 g/mol. The minimum atomic E-state index is 0.181. The first kappa shape index (κ1) is 14.2. The highest BCUT2D eigenvalue weighted by atomic mass is 16.6. The van der Waals surface area contributed by atoms with Crippen LogP contribution in [-0.2, 0) is 11.4 Å². The summed E-state index contributed by atoms with van der Waals surface area (Å²) in [5.74, 6) is 0.181. The minimum Gasteiger partial charge on any atom is -0.395 e. The van der Waals surface area contributed by atoms with Gasteiger partial charge in [0.15, 0.2) is 0 Å². The van der Waals surface area contributed by atoms with Crippen LogP contribution in [0.15, 0.2) is 72.0 Å². The van der Waals surface area contributed by atoms with Gasteiger partial charge in [-0.3, -0.25) is 4.98 Å². The molecule has 1 atom stereocenters. The summed E-state index contributed by atoms with van der Waals surface area (Å²) in [6.45, 7) is 1.41. The van der Waals surface area contributed by atoms with Crippen LogP contribution in [0.3, 0.4) is 0 Å². The van der Waals surface area contributed by atoms with E-state index >= 15 is 0 Å². The molecule has 4 heteroatoms. The largest absolute Gasteiger partial charge is 0.395 e. The summed E-state index contributed by atoms with van der Waals surface area (Å²) in [4.78, 5) is 9.92. The Hall–Kier alpha value is -3.14. The first-order chi connectivity index (χ1) is 12.4. The second-order valence-corrected chi connectivity index (χ2v) is 6.38. The Labute approximate surface area is 145 Å². The van der Waals surface area contributed by atoms with Gasteiger partial charge in [0, 0.05) is 18.1 Å². The van der Waals surface area contributed by atoms with Gasteiger partial charge in [-0.25, -0.2) is 0 Å². The average Bonchev–Trinajstić information content (AvgIpc) is 3.30. The molecule has 0 aliphatic carbocycles. The van der Waals surface area contributed by atoms with Gasteiger partial charge in [-0.2, -0.15) is 0 Å². The lowest BCUT2D eigenvalue weighted by atomic mass is 10.0. The lowest BCUT2D eigenvalue weighted by Gasteiger charge is -2.09. The molecule has 0 saturated carbocycles. The summed E-state index contributed by atoms with van der Waals surface area (Å²) < 4.78 is 2.35. The number of nitrogens with zero attached hydrogens (tertiary/aromatic N) is 3. The molecule has 0 fully saturated rings. The molecule has 1 unspecified atom stereocenters. The molecule has 0 spiro atoms. The van der Waals surface area contributed by atoms with Gasteiger partial charge in [0.25, 0.3) is 0 Å². The normalized spacial score (nSPS) is 16.6. The van der Waals surface area contributed by atoms with E-state index in [0.29, 0.717) is 6.61 Å². The topological polar surface area (TPSA) is 39.4 Å². The molecule has 3 heterocycles. The van der Waals surface area contributed by atoms with Crippen LogP contribution < -0.4 is 0 Å². The van der Waals surface area contributed by atoms with Gasteiger partial charge in [0.2, 0.25) is 0 Å². The number of aromatic nitrogens is 2. The Balaban J connectivity index is 1.73. The van der Waals surface area contributed by atoms with Gasteiger partial charge in [0.05, 0.1) is 28.7 Å². The van der Waals surface area contributed by atoms with Crippen molar-refractivity contribution >= 4 is 28.2 Å². The molecule has 0 bridgehead atoms. The van der Waals surface area contributed by atoms with Gasteiger partial charge in [-0.15, -0.1) is 0 Å². The molecule has 4 aromatic rings. The van der Waals surface area contributed by atoms with Gasteiger partial charge < -0.3 is 9.40 Å². The highest BCUT2D eigenvalue weighted by molar-refractivity contribution is 6.06. The van der Waals surface area contributed by atoms with E-state index < -0.39 is 0 Å². The third-order valence-electron chi connectivity index (χ3n) is 4.81. The predicted octanol–water partition coefficient (Wildman–Crippen LogP) is 4.34. The van der Waals surface area contributed by atoms with Gasteiger partial charge in [0.1, 0.15) is 6.61 Å². The third-order valence-corrected chi connectivity index (χ3v) is 4.81. The number of para-hydroxylation sites is 1. The quantitative estimate of drug-likeness (QED) is 0.561. The molecule has 0 amide bonds. The number of benzene rings is 2. The maximum Gasteiger partial charge on any atom is 0.129 e. The summed E-state index contributed by atoms with van der Waals surface area (Å²) in [7, 11) is 0. The summed E-state index contributed by atoms with van der Waals surface area (Å²) in [6.07, 6.45) is 3.81. The zero-order valence-corrected chi connectivity index (χ0v) is 13.7. The smallest absolute Gasteiger partial charge is 0.129 e. The Morgan fingerprint density at radius 2 is 1.84 bits per heavy atom. The molecular formula is C21H17N3O. The first-order valence-electron chi connectivity index (χ1n) is 8.46. The fourth-order valence-electron chi connectivity index (χ4n) is 3.53. The minimum absolute atomic E-state index is 0.181. The van der Waals surface area contributed by atoms with Crippen molar-refractivity contribution in [2.45, 2.75) is 12.5 Å². The van der Waals surface area contributed by atoms with E-state index in [1.807, 2.05) is 12.4 Å². The number of hydrogen-bond donors (Lipinski definition) is 0. The monoisotopic (exact) mass is 327 g/mol. The molecule has 25 heavy (non-hydrogen) atoms. The predicted molar refractivity (Wildman–Crippen MR) is 100.0 cm³/mol. The lowest BCUT2D eigenvalue weighted by molar-refractivity contribution is 0.166. The van der Waals surface area contributed by atoms with E-state index in [1.165, 1.54) is 16.5 Å². The van der Waals surface area contributed by atoms with Crippen LogP contribution in [0.2, 0.25) is 0 Å². The zero-order valence-electron chi connectivity index (χ0n) is 13.7. The first-order valence-corrected chi connectivity index (χ1v) is 8.46. The Bertz CT molecular complexity index is 1080. The van der Waals surface area contributed by atoms with E-state index in [9.17, 15) is 0 Å². The van der Waals surface area contributed by atoms with Crippen molar-refractivity contribution in [3.63, 3.8) is 0 Å². The number of hydrogen-bond acceptors (Lipinski definition) is 3. The lowest BCUT2D eigenvalue weighted by Crippen LogP contribution is -2.03. The molecule has 0 saturated heterocycles. The molecule has 2 aromatic carbocycles. The van der Waals surface area contributed by atoms with E-state index in [4.69, 9.17) is 9.82 Å². The number of oxime groups is 1. The van der Waals surface area contributed by atoms with Crippen LogP contribution in [0.5, 0.6) is 0 Å². The van der Waals surface area contributed by atoms with Crippen molar-refractivity contribution in [2.75, 3.05) is 6.61 Å². The van der Waals surface area contributed by atoms with Crippen LogP contribution in [0.4, 0.5) is 0 Å². The van der Waals surface area contributed by atoms with Crippen molar-refractivity contribution in [3.8, 4) is 0 Å². The Morgan fingerprint density at radius 3 is 2.68 bits per heavy atom. The van der Waals surface area contributed by atoms with Crippen molar-refractivity contribution in [1.82, 2.24) is 9.55 Å². The summed E-state index contributed by atoms with van der Waals surface area (Å²) in [5.41, 5.74) is 5.84. The second-order valence-electron chi connectivity index (χ2n) is 6.38. The molecule has 0 N–H and O–H groups in total. The number of pyridine rings is 1. The fourth-order valence-corrected chi connectivity index (χ4v) is 3.53. The van der Waals surface area contributed by atoms with Gasteiger partial charge >= 0.3 is 0 Å². The van der Waals surface area contributed by atoms with Crippen LogP contribution in [0, 0.1) is 0 Å². The van der Waals surface area contributed by atoms with Crippen LogP contribution in [0.1, 0.15) is 17.0 Å². The highest BCUT2D eigenvalue weighted by Crippen LogP contribution is 2.30. The maximum absolute atomic E-state index is 5.14. The van der Waals surface area contributed by atoms with Crippen molar-refractivity contribution in [1.29, 1.82) is 0 Å². The Morgan fingerprint density at radius 1 is 1.00 bits per heavy atom. The number of fused-ring (bicyclic) bond motifs is 3. The second kappa shape index (κ2) is 5.74. The van der Waals surface area contributed by atoms with Crippen LogP contribution in [-0.4, -0.2) is 22.4 Å². The van der Waals surface area contributed by atoms with Gasteiger partial charge in [-0.05, 0) is 23.3 Å². The standard InChI is InChI=1S/C21H17N3O/c1-2-6-15(7-3-1)13-24-19-9-5-4-8-18(19)21-20(24)10-16(11-22-21)17-12-23-25-14-17/h1-12,17H,13-14H2. The SMILES string of the molecule is C1=NOCC1c1cnc2c3ccccc3n(Cc3ccccc3)c2c1. The summed E-state index contributed by atoms with van der Waals surface area (Å²) in [6, 6.07) is 21.2. The highest BCUT2D eigenvalue weighted by Gasteiger charge is 2.18. The zero-order chi connectivity index (χ0) is 16.6. The maximum atomic E-state index is 5.14. The van der Waals surface area contributed by atoms with E-state index in [2.05, 4.69) is 70.4 Å². The fraction of sp³-hybridized carbons (Fsp3) is 0.143. The van der Waals surface area contributed by atoms with Crippen molar-refractivity contribution in [3.05, 3.63) is 78.0 Å². The van der Waals surface area contributed by atoms with Crippen molar-refractivity contribution in [2.24, 2.45) is 5.16 Å².